The fourth-order valence-electron chi connectivity index (χ4n) is 2.54. The van der Waals surface area contributed by atoms with E-state index >= 15 is 0 Å². The van der Waals surface area contributed by atoms with Gasteiger partial charge < -0.3 is 14.2 Å². The van der Waals surface area contributed by atoms with E-state index in [-0.39, 0.29) is 5.78 Å². The number of benzene rings is 2. The zero-order chi connectivity index (χ0) is 18.5. The minimum absolute atomic E-state index is 0.121. The van der Waals surface area contributed by atoms with Crippen molar-refractivity contribution in [3.63, 3.8) is 0 Å². The van der Waals surface area contributed by atoms with Crippen molar-refractivity contribution in [1.29, 1.82) is 0 Å². The summed E-state index contributed by atoms with van der Waals surface area (Å²) < 4.78 is 16.8. The first-order valence-electron chi connectivity index (χ1n) is 8.64. The number of hydrogen-bond acceptors (Lipinski definition) is 4. The Hall–Kier alpha value is -3.01. The second-order valence-corrected chi connectivity index (χ2v) is 6.19. The van der Waals surface area contributed by atoms with Gasteiger partial charge in [-0.05, 0) is 62.8 Å². The van der Waals surface area contributed by atoms with Crippen LogP contribution in [0.2, 0.25) is 0 Å². The third kappa shape index (κ3) is 4.14. The van der Waals surface area contributed by atoms with Crippen molar-refractivity contribution in [2.45, 2.75) is 20.8 Å². The van der Waals surface area contributed by atoms with E-state index < -0.39 is 0 Å². The van der Waals surface area contributed by atoms with Gasteiger partial charge in [0.2, 0.25) is 5.78 Å². The number of fused-ring (bicyclic) bond motifs is 1. The fraction of sp³-hybridized carbons (Fsp3) is 0.227. The summed E-state index contributed by atoms with van der Waals surface area (Å²) in [5, 5.41) is 0. The molecule has 1 aliphatic rings. The summed E-state index contributed by atoms with van der Waals surface area (Å²) in [4.78, 5) is 12.5. The lowest BCUT2D eigenvalue weighted by Crippen LogP contribution is -1.98. The van der Waals surface area contributed by atoms with Crippen LogP contribution in [-0.2, 0) is 0 Å². The number of ether oxygens (including phenoxy) is 3. The smallest absolute Gasteiger partial charge is 0.231 e. The number of carbonyl (C=O) groups excluding carboxylic acids is 1. The quantitative estimate of drug-likeness (QED) is 0.540. The molecule has 4 heteroatoms. The summed E-state index contributed by atoms with van der Waals surface area (Å²) in [6, 6.07) is 12.8. The molecule has 1 aliphatic heterocycles. The Labute approximate surface area is 153 Å². The molecule has 0 N–H and O–H groups in total. The molecule has 0 radical (unpaired) electrons. The lowest BCUT2D eigenvalue weighted by molar-refractivity contribution is 0.101. The second kappa shape index (κ2) is 7.91. The largest absolute Gasteiger partial charge is 0.494 e. The lowest BCUT2D eigenvalue weighted by atomic mass is 10.1. The van der Waals surface area contributed by atoms with Gasteiger partial charge in [0.1, 0.15) is 23.9 Å². The SMILES string of the molecule is CCOc1ccc(/C=C2\Oc3cc(OCC=C(C)C)ccc3C2=O)cc1. The van der Waals surface area contributed by atoms with Crippen LogP contribution in [0.1, 0.15) is 36.7 Å². The summed E-state index contributed by atoms with van der Waals surface area (Å²) in [6.45, 7) is 7.09. The van der Waals surface area contributed by atoms with E-state index in [1.807, 2.05) is 51.1 Å². The van der Waals surface area contributed by atoms with E-state index in [1.165, 1.54) is 5.57 Å². The Bertz CT molecular complexity index is 856. The highest BCUT2D eigenvalue weighted by atomic mass is 16.5. The van der Waals surface area contributed by atoms with Crippen molar-refractivity contribution in [1.82, 2.24) is 0 Å². The van der Waals surface area contributed by atoms with Gasteiger partial charge in [-0.1, -0.05) is 17.7 Å². The summed E-state index contributed by atoms with van der Waals surface area (Å²) in [6.07, 6.45) is 3.73. The Kier molecular flexibility index (Phi) is 5.42. The van der Waals surface area contributed by atoms with Gasteiger partial charge in [-0.3, -0.25) is 4.79 Å². The van der Waals surface area contributed by atoms with Crippen LogP contribution in [0, 0.1) is 0 Å². The molecule has 3 rings (SSSR count). The van der Waals surface area contributed by atoms with E-state index in [9.17, 15) is 4.79 Å². The molecule has 0 bridgehead atoms. The number of carbonyl (C=O) groups is 1. The summed E-state index contributed by atoms with van der Waals surface area (Å²) in [5.74, 6) is 2.20. The van der Waals surface area contributed by atoms with Crippen LogP contribution in [0.15, 0.2) is 59.9 Å². The number of allylic oxidation sites excluding steroid dienone is 2. The first-order valence-corrected chi connectivity index (χ1v) is 8.64. The summed E-state index contributed by atoms with van der Waals surface area (Å²) >= 11 is 0. The molecule has 0 unspecified atom stereocenters. The summed E-state index contributed by atoms with van der Waals surface area (Å²) in [5.41, 5.74) is 2.62. The highest BCUT2D eigenvalue weighted by Crippen LogP contribution is 2.35. The van der Waals surface area contributed by atoms with Crippen LogP contribution in [0.5, 0.6) is 17.2 Å². The van der Waals surface area contributed by atoms with Crippen molar-refractivity contribution >= 4 is 11.9 Å². The molecule has 2 aromatic rings. The van der Waals surface area contributed by atoms with Gasteiger partial charge in [0.25, 0.3) is 0 Å². The number of Topliss-reactive ketones (excluding diaryl/α,β-unsaturated/α-hetero) is 1. The van der Waals surface area contributed by atoms with E-state index in [0.717, 1.165) is 11.3 Å². The maximum atomic E-state index is 12.5. The molecule has 0 aliphatic carbocycles. The van der Waals surface area contributed by atoms with Gasteiger partial charge in [-0.2, -0.15) is 0 Å². The van der Waals surface area contributed by atoms with Crippen LogP contribution >= 0.6 is 0 Å². The minimum atomic E-state index is -0.121. The van der Waals surface area contributed by atoms with Crippen molar-refractivity contribution in [3.05, 3.63) is 71.0 Å². The van der Waals surface area contributed by atoms with Crippen LogP contribution in [0.3, 0.4) is 0 Å². The van der Waals surface area contributed by atoms with Crippen molar-refractivity contribution in [2.24, 2.45) is 0 Å². The first kappa shape index (κ1) is 17.8. The molecule has 0 aromatic heterocycles. The number of hydrogen-bond donors (Lipinski definition) is 0. The fourth-order valence-corrected chi connectivity index (χ4v) is 2.54. The molecule has 0 saturated carbocycles. The van der Waals surface area contributed by atoms with E-state index in [4.69, 9.17) is 14.2 Å². The predicted molar refractivity (Wildman–Crippen MR) is 102 cm³/mol. The first-order chi connectivity index (χ1) is 12.6. The lowest BCUT2D eigenvalue weighted by Gasteiger charge is -2.05. The maximum Gasteiger partial charge on any atom is 0.231 e. The molecule has 1 heterocycles. The number of rotatable bonds is 6. The van der Waals surface area contributed by atoms with Crippen LogP contribution in [-0.4, -0.2) is 19.0 Å². The second-order valence-electron chi connectivity index (χ2n) is 6.19. The van der Waals surface area contributed by atoms with Gasteiger partial charge >= 0.3 is 0 Å². The molecular weight excluding hydrogens is 328 g/mol. The van der Waals surface area contributed by atoms with Gasteiger partial charge in [0, 0.05) is 6.07 Å². The van der Waals surface area contributed by atoms with E-state index in [0.29, 0.717) is 36.0 Å². The molecule has 0 spiro atoms. The zero-order valence-electron chi connectivity index (χ0n) is 15.2. The summed E-state index contributed by atoms with van der Waals surface area (Å²) in [7, 11) is 0. The predicted octanol–water partition coefficient (Wildman–Crippen LogP) is 5.05. The zero-order valence-corrected chi connectivity index (χ0v) is 15.2. The molecule has 0 atom stereocenters. The van der Waals surface area contributed by atoms with E-state index in [1.54, 1.807) is 24.3 Å². The molecule has 0 fully saturated rings. The topological polar surface area (TPSA) is 44.8 Å². The molecular formula is C22H22O4. The van der Waals surface area contributed by atoms with Crippen molar-refractivity contribution in [3.8, 4) is 17.2 Å². The monoisotopic (exact) mass is 350 g/mol. The minimum Gasteiger partial charge on any atom is -0.494 e. The van der Waals surface area contributed by atoms with Crippen LogP contribution in [0.25, 0.3) is 6.08 Å². The number of ketones is 1. The van der Waals surface area contributed by atoms with Crippen LogP contribution in [0.4, 0.5) is 0 Å². The Morgan fingerprint density at radius 1 is 1.04 bits per heavy atom. The normalized spacial score (nSPS) is 14.0. The molecule has 0 amide bonds. The Morgan fingerprint density at radius 2 is 1.77 bits per heavy atom. The highest BCUT2D eigenvalue weighted by molar-refractivity contribution is 6.14. The van der Waals surface area contributed by atoms with Gasteiger partial charge in [0.15, 0.2) is 5.76 Å². The Morgan fingerprint density at radius 3 is 2.46 bits per heavy atom. The molecule has 0 saturated heterocycles. The highest BCUT2D eigenvalue weighted by Gasteiger charge is 2.27. The van der Waals surface area contributed by atoms with Gasteiger partial charge in [-0.25, -0.2) is 0 Å². The third-order valence-electron chi connectivity index (χ3n) is 3.87. The van der Waals surface area contributed by atoms with Crippen molar-refractivity contribution in [2.75, 3.05) is 13.2 Å². The average Bonchev–Trinajstić information content (AvgIpc) is 2.92. The molecule has 134 valence electrons. The van der Waals surface area contributed by atoms with Crippen molar-refractivity contribution < 1.29 is 19.0 Å². The maximum absolute atomic E-state index is 12.5. The molecule has 26 heavy (non-hydrogen) atoms. The van der Waals surface area contributed by atoms with Gasteiger partial charge in [0.05, 0.1) is 12.2 Å². The molecule has 2 aromatic carbocycles. The van der Waals surface area contributed by atoms with Crippen LogP contribution < -0.4 is 14.2 Å². The van der Waals surface area contributed by atoms with Gasteiger partial charge in [-0.15, -0.1) is 0 Å². The average molecular weight is 350 g/mol. The third-order valence-corrected chi connectivity index (χ3v) is 3.87. The van der Waals surface area contributed by atoms with E-state index in [2.05, 4.69) is 0 Å². The standard InChI is InChI=1S/C22H22O4/c1-4-24-17-7-5-16(6-8-17)13-21-22(23)19-10-9-18(14-20(19)26-21)25-12-11-15(2)3/h5-11,13-14H,4,12H2,1-3H3/b21-13-. The molecule has 4 nitrogen and oxygen atoms in total. The Balaban J connectivity index is 1.75.